The van der Waals surface area contributed by atoms with E-state index in [4.69, 9.17) is 23.2 Å². The fourth-order valence-electron chi connectivity index (χ4n) is 4.36. The van der Waals surface area contributed by atoms with E-state index in [2.05, 4.69) is 60.7 Å². The predicted octanol–water partition coefficient (Wildman–Crippen LogP) is 11.1. The Balaban J connectivity index is 1.38. The first-order valence-corrected chi connectivity index (χ1v) is 13.7. The Labute approximate surface area is 212 Å². The number of hydrogen-bond acceptors (Lipinski definition) is 3. The van der Waals surface area contributed by atoms with Crippen molar-refractivity contribution in [3.63, 3.8) is 0 Å². The molecule has 33 heavy (non-hydrogen) atoms. The van der Waals surface area contributed by atoms with Crippen LogP contribution in [0, 0.1) is 0 Å². The third-order valence-corrected chi connectivity index (χ3v) is 9.92. The van der Waals surface area contributed by atoms with Crippen LogP contribution in [-0.4, -0.2) is 0 Å². The molecular formula is C28H14Cl2S3. The summed E-state index contributed by atoms with van der Waals surface area (Å²) in [6, 6.07) is 30.2. The van der Waals surface area contributed by atoms with Crippen LogP contribution in [-0.2, 0) is 0 Å². The molecule has 0 saturated heterocycles. The van der Waals surface area contributed by atoms with Crippen LogP contribution in [0.2, 0.25) is 10.0 Å². The summed E-state index contributed by atoms with van der Waals surface area (Å²) in [7, 11) is 0. The zero-order chi connectivity index (χ0) is 22.1. The van der Waals surface area contributed by atoms with Gasteiger partial charge in [-0.1, -0.05) is 47.5 Å². The monoisotopic (exact) mass is 516 g/mol. The minimum absolute atomic E-state index is 0.769. The second-order valence-electron chi connectivity index (χ2n) is 8.11. The maximum Gasteiger partial charge on any atom is 0.0406 e. The van der Waals surface area contributed by atoms with Crippen molar-refractivity contribution < 1.29 is 0 Å². The third kappa shape index (κ3) is 3.39. The summed E-state index contributed by atoms with van der Waals surface area (Å²) in [6.07, 6.45) is 0. The number of benzene rings is 4. The number of fused-ring (bicyclic) bond motifs is 5. The highest BCUT2D eigenvalue weighted by Crippen LogP contribution is 2.44. The zero-order valence-electron chi connectivity index (χ0n) is 17.1. The molecule has 0 aliphatic rings. The molecule has 4 aromatic carbocycles. The van der Waals surface area contributed by atoms with E-state index in [-0.39, 0.29) is 0 Å². The van der Waals surface area contributed by atoms with Crippen molar-refractivity contribution in [2.45, 2.75) is 0 Å². The molecule has 0 bridgehead atoms. The van der Waals surface area contributed by atoms with E-state index in [9.17, 15) is 0 Å². The summed E-state index contributed by atoms with van der Waals surface area (Å²) in [6.45, 7) is 0. The number of hydrogen-bond donors (Lipinski definition) is 0. The summed E-state index contributed by atoms with van der Waals surface area (Å²) < 4.78 is 5.34. The lowest BCUT2D eigenvalue weighted by Gasteiger charge is -1.95. The first-order valence-electron chi connectivity index (χ1n) is 10.5. The van der Waals surface area contributed by atoms with E-state index in [0.29, 0.717) is 0 Å². The average Bonchev–Trinajstić information content (AvgIpc) is 3.51. The molecule has 7 rings (SSSR count). The van der Waals surface area contributed by atoms with E-state index in [1.807, 2.05) is 58.3 Å². The summed E-state index contributed by atoms with van der Waals surface area (Å²) >= 11 is 17.7. The van der Waals surface area contributed by atoms with Crippen LogP contribution in [0.1, 0.15) is 0 Å². The number of rotatable bonds is 2. The fraction of sp³-hybridized carbons (Fsp3) is 0. The minimum atomic E-state index is 0.769. The molecule has 0 aliphatic heterocycles. The second-order valence-corrected chi connectivity index (χ2v) is 12.2. The summed E-state index contributed by atoms with van der Waals surface area (Å²) in [5.74, 6) is 0. The third-order valence-electron chi connectivity index (χ3n) is 6.00. The standard InChI is InChI=1S/C28H14Cl2S3/c29-19-5-1-15(2-6-19)23-11-17-9-21-22-10-18-12-24(16-3-7-20(30)8-4-16)32-26(18)14-28(22)33-27(21)13-25(17)31-23/h1-14H. The highest BCUT2D eigenvalue weighted by atomic mass is 35.5. The molecule has 0 aliphatic carbocycles. The molecule has 0 saturated carbocycles. The van der Waals surface area contributed by atoms with Crippen LogP contribution < -0.4 is 0 Å². The van der Waals surface area contributed by atoms with Crippen molar-refractivity contribution in [1.29, 1.82) is 0 Å². The van der Waals surface area contributed by atoms with Gasteiger partial charge in [0.15, 0.2) is 0 Å². The lowest BCUT2D eigenvalue weighted by atomic mass is 10.1. The van der Waals surface area contributed by atoms with Gasteiger partial charge in [-0.3, -0.25) is 0 Å². The Bertz CT molecular complexity index is 1680. The van der Waals surface area contributed by atoms with Crippen LogP contribution in [0.25, 0.3) is 61.2 Å². The first-order chi connectivity index (χ1) is 16.1. The molecular weight excluding hydrogens is 503 g/mol. The Morgan fingerprint density at radius 2 is 0.848 bits per heavy atom. The van der Waals surface area contributed by atoms with Gasteiger partial charge in [-0.05, 0) is 82.6 Å². The van der Waals surface area contributed by atoms with E-state index in [0.717, 1.165) is 10.0 Å². The van der Waals surface area contributed by atoms with Gasteiger partial charge in [0.25, 0.3) is 0 Å². The van der Waals surface area contributed by atoms with Crippen LogP contribution in [0.5, 0.6) is 0 Å². The van der Waals surface area contributed by atoms with Crippen molar-refractivity contribution >= 4 is 97.6 Å². The van der Waals surface area contributed by atoms with Crippen LogP contribution in [0.4, 0.5) is 0 Å². The molecule has 3 aromatic heterocycles. The van der Waals surface area contributed by atoms with Gasteiger partial charge in [-0.15, -0.1) is 34.0 Å². The molecule has 0 nitrogen and oxygen atoms in total. The van der Waals surface area contributed by atoms with Crippen LogP contribution in [0.15, 0.2) is 84.9 Å². The lowest BCUT2D eigenvalue weighted by molar-refractivity contribution is 1.70. The Hall–Kier alpha value is -2.40. The second kappa shape index (κ2) is 7.56. The molecule has 0 radical (unpaired) electrons. The molecule has 5 heteroatoms. The van der Waals surface area contributed by atoms with Crippen molar-refractivity contribution in [2.75, 3.05) is 0 Å². The molecule has 0 N–H and O–H groups in total. The van der Waals surface area contributed by atoms with Crippen LogP contribution >= 0.6 is 57.2 Å². The highest BCUT2D eigenvalue weighted by molar-refractivity contribution is 7.27. The van der Waals surface area contributed by atoms with Gasteiger partial charge in [0.1, 0.15) is 0 Å². The van der Waals surface area contributed by atoms with Crippen molar-refractivity contribution in [3.8, 4) is 20.9 Å². The van der Waals surface area contributed by atoms with Gasteiger partial charge in [0, 0.05) is 49.4 Å². The SMILES string of the molecule is Clc1ccc(-c2cc3cc4c(cc3s2)sc2cc3sc(-c5ccc(Cl)cc5)cc3cc24)cc1. The fourth-order valence-corrected chi connectivity index (χ4v) is 8.09. The lowest BCUT2D eigenvalue weighted by Crippen LogP contribution is -1.70. The highest BCUT2D eigenvalue weighted by Gasteiger charge is 2.13. The molecule has 0 amide bonds. The van der Waals surface area contributed by atoms with Gasteiger partial charge in [0.05, 0.1) is 0 Å². The maximum atomic E-state index is 6.07. The quantitative estimate of drug-likeness (QED) is 0.214. The van der Waals surface area contributed by atoms with Gasteiger partial charge >= 0.3 is 0 Å². The van der Waals surface area contributed by atoms with Gasteiger partial charge < -0.3 is 0 Å². The number of halogens is 2. The summed E-state index contributed by atoms with van der Waals surface area (Å²) in [4.78, 5) is 2.55. The van der Waals surface area contributed by atoms with Gasteiger partial charge in [-0.25, -0.2) is 0 Å². The van der Waals surface area contributed by atoms with Crippen molar-refractivity contribution in [1.82, 2.24) is 0 Å². The topological polar surface area (TPSA) is 0 Å². The molecule has 0 atom stereocenters. The van der Waals surface area contributed by atoms with E-state index >= 15 is 0 Å². The summed E-state index contributed by atoms with van der Waals surface area (Å²) in [5.41, 5.74) is 2.42. The molecule has 3 heterocycles. The zero-order valence-corrected chi connectivity index (χ0v) is 21.0. The Kier molecular flexibility index (Phi) is 4.58. The van der Waals surface area contributed by atoms with Gasteiger partial charge in [-0.2, -0.15) is 0 Å². The summed E-state index contributed by atoms with van der Waals surface area (Å²) in [5, 5.41) is 6.80. The van der Waals surface area contributed by atoms with Crippen molar-refractivity contribution in [2.24, 2.45) is 0 Å². The van der Waals surface area contributed by atoms with Gasteiger partial charge in [0.2, 0.25) is 0 Å². The van der Waals surface area contributed by atoms with E-state index in [1.165, 1.54) is 61.2 Å². The molecule has 0 unspecified atom stereocenters. The smallest absolute Gasteiger partial charge is 0.0406 e. The van der Waals surface area contributed by atoms with E-state index in [1.54, 1.807) is 0 Å². The largest absolute Gasteiger partial charge is 0.135 e. The van der Waals surface area contributed by atoms with Crippen molar-refractivity contribution in [3.05, 3.63) is 95.0 Å². The van der Waals surface area contributed by atoms with E-state index < -0.39 is 0 Å². The normalized spacial score (nSPS) is 11.9. The van der Waals surface area contributed by atoms with Crippen LogP contribution in [0.3, 0.4) is 0 Å². The average molecular weight is 518 g/mol. The molecule has 7 aromatic rings. The minimum Gasteiger partial charge on any atom is -0.135 e. The predicted molar refractivity (Wildman–Crippen MR) is 151 cm³/mol. The number of thiophene rings is 3. The Morgan fingerprint density at radius 1 is 0.424 bits per heavy atom. The molecule has 0 spiro atoms. The maximum absolute atomic E-state index is 6.07. The Morgan fingerprint density at radius 3 is 1.27 bits per heavy atom. The first kappa shape index (κ1) is 20.0. The molecule has 0 fully saturated rings. The molecule has 158 valence electrons.